The van der Waals surface area contributed by atoms with E-state index in [0.717, 1.165) is 42.5 Å². The molecule has 0 unspecified atom stereocenters. The number of halogens is 1. The highest BCUT2D eigenvalue weighted by Gasteiger charge is 2.45. The van der Waals surface area contributed by atoms with Gasteiger partial charge in [0.15, 0.2) is 5.82 Å². The van der Waals surface area contributed by atoms with Gasteiger partial charge in [0.1, 0.15) is 0 Å². The SMILES string of the molecule is CCOC(=O)C1(CN2CCC(c3ccc4c(N5CCC(=O)NC5=O)nn(C)c4c3)CC2)CCN(c2cccc(S(=O)(=O)N3CCC(Nc4ncc(Cl)cn4)CC3)c2)CC1. The molecule has 0 bridgehead atoms. The number of hydrogen-bond donors (Lipinski definition) is 2. The fraction of sp³-hybridized carbons (Fsp3) is 0.512. The van der Waals surface area contributed by atoms with Crippen LogP contribution in [0.1, 0.15) is 63.4 Å². The van der Waals surface area contributed by atoms with Crippen LogP contribution >= 0.6 is 11.6 Å². The Morgan fingerprint density at radius 2 is 1.69 bits per heavy atom. The molecule has 4 saturated heterocycles. The molecule has 0 aliphatic carbocycles. The van der Waals surface area contributed by atoms with Crippen molar-refractivity contribution in [2.45, 2.75) is 68.7 Å². The maximum Gasteiger partial charge on any atom is 0.329 e. The number of imide groups is 1. The zero-order valence-electron chi connectivity index (χ0n) is 33.5. The molecule has 0 spiro atoms. The summed E-state index contributed by atoms with van der Waals surface area (Å²) in [6, 6.07) is 13.1. The van der Waals surface area contributed by atoms with E-state index in [2.05, 4.69) is 47.6 Å². The average molecular weight is 847 g/mol. The lowest BCUT2D eigenvalue weighted by Gasteiger charge is -2.44. The second-order valence-corrected chi connectivity index (χ2v) is 18.4. The number of sulfonamides is 1. The van der Waals surface area contributed by atoms with Crippen molar-refractivity contribution in [3.05, 3.63) is 65.4 Å². The number of carbonyl (C=O) groups excluding carboxylic acids is 3. The lowest BCUT2D eigenvalue weighted by molar-refractivity contribution is -0.158. The number of nitrogens with zero attached hydrogens (tertiary/aromatic N) is 8. The summed E-state index contributed by atoms with van der Waals surface area (Å²) in [6.07, 6.45) is 7.62. The average Bonchev–Trinajstić information content (AvgIpc) is 3.57. The summed E-state index contributed by atoms with van der Waals surface area (Å²) in [7, 11) is -1.85. The van der Waals surface area contributed by atoms with Gasteiger partial charge in [-0.15, -0.1) is 0 Å². The third-order valence-electron chi connectivity index (χ3n) is 12.4. The van der Waals surface area contributed by atoms with Crippen LogP contribution in [-0.4, -0.2) is 120 Å². The molecule has 8 rings (SSSR count). The van der Waals surface area contributed by atoms with E-state index in [1.54, 1.807) is 27.2 Å². The maximum atomic E-state index is 13.8. The summed E-state index contributed by atoms with van der Waals surface area (Å²) in [5.41, 5.74) is 2.31. The number of aromatic nitrogens is 4. The van der Waals surface area contributed by atoms with Crippen LogP contribution in [0, 0.1) is 5.41 Å². The quantitative estimate of drug-likeness (QED) is 0.199. The number of rotatable bonds is 11. The molecule has 59 heavy (non-hydrogen) atoms. The van der Waals surface area contributed by atoms with Crippen molar-refractivity contribution in [2.24, 2.45) is 12.5 Å². The van der Waals surface area contributed by atoms with Gasteiger partial charge in [0, 0.05) is 69.9 Å². The Hall–Kier alpha value is -4.84. The molecule has 4 aliphatic heterocycles. The highest BCUT2D eigenvalue weighted by atomic mass is 35.5. The molecular weight excluding hydrogens is 796 g/mol. The molecule has 18 heteroatoms. The monoisotopic (exact) mass is 846 g/mol. The lowest BCUT2D eigenvalue weighted by atomic mass is 9.77. The molecule has 0 atom stereocenters. The molecule has 4 aliphatic rings. The van der Waals surface area contributed by atoms with Crippen molar-refractivity contribution in [1.82, 2.24) is 34.3 Å². The molecule has 0 radical (unpaired) electrons. The Kier molecular flexibility index (Phi) is 11.8. The summed E-state index contributed by atoms with van der Waals surface area (Å²) in [6.45, 7) is 6.71. The van der Waals surface area contributed by atoms with Gasteiger partial charge in [-0.05, 0) is 100 Å². The van der Waals surface area contributed by atoms with Crippen LogP contribution in [0.25, 0.3) is 10.9 Å². The number of fused-ring (bicyclic) bond motifs is 1. The van der Waals surface area contributed by atoms with Crippen LogP contribution in [0.4, 0.5) is 22.2 Å². The molecule has 16 nitrogen and oxygen atoms in total. The van der Waals surface area contributed by atoms with Crippen LogP contribution in [0.5, 0.6) is 0 Å². The zero-order valence-corrected chi connectivity index (χ0v) is 35.1. The first-order valence-corrected chi connectivity index (χ1v) is 22.3. The van der Waals surface area contributed by atoms with Crippen LogP contribution in [0.3, 0.4) is 0 Å². The summed E-state index contributed by atoms with van der Waals surface area (Å²) in [5, 5.41) is 11.6. The normalized spacial score (nSPS) is 20.2. The number of benzene rings is 2. The first kappa shape index (κ1) is 40.9. The first-order chi connectivity index (χ1) is 28.4. The number of amides is 3. The van der Waals surface area contributed by atoms with Crippen molar-refractivity contribution < 1.29 is 27.5 Å². The Labute approximate surface area is 349 Å². The van der Waals surface area contributed by atoms with Gasteiger partial charge in [0.05, 0.1) is 39.9 Å². The summed E-state index contributed by atoms with van der Waals surface area (Å²) < 4.78 is 36.7. The number of aryl methyl sites for hydroxylation is 1. The minimum absolute atomic E-state index is 0.0537. The number of carbonyl (C=O) groups is 3. The second kappa shape index (κ2) is 17.0. The van der Waals surface area contributed by atoms with Crippen LogP contribution in [-0.2, 0) is 31.4 Å². The third-order valence-corrected chi connectivity index (χ3v) is 14.5. The number of hydrogen-bond acceptors (Lipinski definition) is 12. The van der Waals surface area contributed by atoms with Gasteiger partial charge < -0.3 is 19.9 Å². The fourth-order valence-electron chi connectivity index (χ4n) is 9.03. The topological polar surface area (TPSA) is 175 Å². The Morgan fingerprint density at radius 3 is 2.39 bits per heavy atom. The lowest BCUT2D eigenvalue weighted by Crippen LogP contribution is -2.52. The van der Waals surface area contributed by atoms with Crippen molar-refractivity contribution in [2.75, 3.05) is 74.1 Å². The van der Waals surface area contributed by atoms with E-state index in [-0.39, 0.29) is 29.2 Å². The number of likely N-dealkylation sites (tertiary alicyclic amines) is 1. The van der Waals surface area contributed by atoms with Crippen molar-refractivity contribution in [1.29, 1.82) is 0 Å². The summed E-state index contributed by atoms with van der Waals surface area (Å²) in [5.74, 6) is 0.915. The number of ether oxygens (including phenoxy) is 1. The van der Waals surface area contributed by atoms with Crippen LogP contribution in [0.15, 0.2) is 59.8 Å². The van der Waals surface area contributed by atoms with Crippen molar-refractivity contribution in [3.63, 3.8) is 0 Å². The largest absolute Gasteiger partial charge is 0.466 e. The van der Waals surface area contributed by atoms with E-state index in [1.165, 1.54) is 22.9 Å². The summed E-state index contributed by atoms with van der Waals surface area (Å²) in [4.78, 5) is 52.7. The van der Waals surface area contributed by atoms with Gasteiger partial charge in [-0.1, -0.05) is 23.7 Å². The number of urea groups is 1. The first-order valence-electron chi connectivity index (χ1n) is 20.5. The zero-order chi connectivity index (χ0) is 41.3. The van der Waals surface area contributed by atoms with Gasteiger partial charge in [-0.25, -0.2) is 23.2 Å². The fourth-order valence-corrected chi connectivity index (χ4v) is 10.6. The van der Waals surface area contributed by atoms with E-state index >= 15 is 0 Å². The second-order valence-electron chi connectivity index (χ2n) is 16.1. The van der Waals surface area contributed by atoms with E-state index in [1.807, 2.05) is 26.1 Å². The maximum absolute atomic E-state index is 13.8. The molecule has 0 saturated carbocycles. The van der Waals surface area contributed by atoms with E-state index < -0.39 is 21.5 Å². The minimum atomic E-state index is -3.71. The standard InChI is InChI=1S/C41H51ClN10O6S/c1-3-58-38(54)41(27-49-16-9-28(10-17-49)29-7-8-34-35(23-29)48(2)47-37(34)52-20-13-36(53)46-40(52)55)14-21-50(22-15-41)32-5-4-6-33(24-32)59(56,57)51-18-11-31(12-19-51)45-39-43-25-30(42)26-44-39/h4-8,23-26,28,31H,3,9-22,27H2,1-2H3,(H,43,44,45)(H,46,53,55). The molecule has 4 fully saturated rings. The molecule has 3 amide bonds. The predicted octanol–water partition coefficient (Wildman–Crippen LogP) is 4.76. The Bertz CT molecular complexity index is 2300. The molecule has 6 heterocycles. The van der Waals surface area contributed by atoms with Crippen LogP contribution < -0.4 is 20.4 Å². The van der Waals surface area contributed by atoms with Crippen molar-refractivity contribution in [3.8, 4) is 0 Å². The third kappa shape index (κ3) is 8.60. The molecule has 314 valence electrons. The molecular formula is C41H51ClN10O6S. The predicted molar refractivity (Wildman–Crippen MR) is 224 cm³/mol. The van der Waals surface area contributed by atoms with E-state index in [4.69, 9.17) is 16.3 Å². The smallest absolute Gasteiger partial charge is 0.329 e. The number of esters is 1. The molecule has 2 N–H and O–H groups in total. The molecule has 2 aromatic carbocycles. The Morgan fingerprint density at radius 1 is 0.966 bits per heavy atom. The number of nitrogens with one attached hydrogen (secondary N) is 2. The van der Waals surface area contributed by atoms with Gasteiger partial charge in [0.2, 0.25) is 21.9 Å². The van der Waals surface area contributed by atoms with Crippen LogP contribution in [0.2, 0.25) is 5.02 Å². The number of piperidine rings is 3. The molecule has 2 aromatic heterocycles. The highest BCUT2D eigenvalue weighted by Crippen LogP contribution is 2.39. The molecule has 4 aromatic rings. The van der Waals surface area contributed by atoms with Gasteiger partial charge >= 0.3 is 12.0 Å². The minimum Gasteiger partial charge on any atom is -0.466 e. The Balaban J connectivity index is 0.879. The van der Waals surface area contributed by atoms with Crippen molar-refractivity contribution >= 4 is 67.9 Å². The number of anilines is 3. The summed E-state index contributed by atoms with van der Waals surface area (Å²) >= 11 is 5.91. The van der Waals surface area contributed by atoms with Gasteiger partial charge in [-0.3, -0.25) is 24.5 Å². The van der Waals surface area contributed by atoms with Gasteiger partial charge in [0.25, 0.3) is 0 Å². The van der Waals surface area contributed by atoms with E-state index in [9.17, 15) is 22.8 Å². The van der Waals surface area contributed by atoms with E-state index in [0.29, 0.717) is 94.3 Å². The highest BCUT2D eigenvalue weighted by molar-refractivity contribution is 7.89. The van der Waals surface area contributed by atoms with Gasteiger partial charge in [-0.2, -0.15) is 9.40 Å².